The number of halogens is 3. The minimum absolute atomic E-state index is 0.0560. The average molecular weight is 294 g/mol. The van der Waals surface area contributed by atoms with E-state index in [1.165, 1.54) is 37.3 Å². The molecule has 2 aromatic rings. The van der Waals surface area contributed by atoms with Crippen LogP contribution in [0.2, 0.25) is 0 Å². The molecule has 0 aliphatic rings. The van der Waals surface area contributed by atoms with E-state index in [4.69, 9.17) is 4.74 Å². The van der Waals surface area contributed by atoms with E-state index in [2.05, 4.69) is 0 Å². The third-order valence-electron chi connectivity index (χ3n) is 2.93. The lowest BCUT2D eigenvalue weighted by Crippen LogP contribution is -2.23. The molecule has 0 radical (unpaired) electrons. The lowest BCUT2D eigenvalue weighted by atomic mass is 10.1. The highest BCUT2D eigenvalue weighted by atomic mass is 19.3. The molecule has 0 heterocycles. The normalized spacial score (nSPS) is 11.2. The fourth-order valence-corrected chi connectivity index (χ4v) is 1.84. The number of carbonyl (C=O) groups is 1. The summed E-state index contributed by atoms with van der Waals surface area (Å²) in [4.78, 5) is 11.4. The number of rotatable bonds is 5. The van der Waals surface area contributed by atoms with Crippen LogP contribution >= 0.6 is 0 Å². The van der Waals surface area contributed by atoms with Crippen molar-refractivity contribution < 1.29 is 22.7 Å². The number of alkyl halides is 2. The van der Waals surface area contributed by atoms with Gasteiger partial charge in [0.25, 0.3) is 0 Å². The number of hydrogen-bond acceptors (Lipinski definition) is 2. The summed E-state index contributed by atoms with van der Waals surface area (Å²) in [5.41, 5.74) is -0.240. The van der Waals surface area contributed by atoms with Crippen molar-refractivity contribution in [3.05, 3.63) is 65.5 Å². The molecule has 0 spiro atoms. The van der Waals surface area contributed by atoms with Gasteiger partial charge >= 0.3 is 5.92 Å². The zero-order chi connectivity index (χ0) is 15.5. The highest BCUT2D eigenvalue weighted by Crippen LogP contribution is 2.30. The Morgan fingerprint density at radius 2 is 1.81 bits per heavy atom. The predicted molar refractivity (Wildman–Crippen MR) is 72.2 cm³/mol. The summed E-state index contributed by atoms with van der Waals surface area (Å²) < 4.78 is 46.1. The average Bonchev–Trinajstić information content (AvgIpc) is 2.47. The number of ether oxygens (including phenoxy) is 1. The van der Waals surface area contributed by atoms with Gasteiger partial charge in [-0.1, -0.05) is 30.3 Å². The lowest BCUT2D eigenvalue weighted by Gasteiger charge is -2.18. The summed E-state index contributed by atoms with van der Waals surface area (Å²) in [5.74, 6) is -4.33. The van der Waals surface area contributed by atoms with Crippen LogP contribution in [0.15, 0.2) is 48.5 Å². The Bertz CT molecular complexity index is 639. The lowest BCUT2D eigenvalue weighted by molar-refractivity contribution is -0.0468. The fourth-order valence-electron chi connectivity index (χ4n) is 1.84. The molecule has 0 unspecified atom stereocenters. The van der Waals surface area contributed by atoms with Crippen LogP contribution in [-0.2, 0) is 5.92 Å². The zero-order valence-corrected chi connectivity index (χ0v) is 11.3. The molecule has 0 aliphatic carbocycles. The maximum atomic E-state index is 14.0. The largest absolute Gasteiger partial charge is 0.486 e. The first-order chi connectivity index (χ1) is 9.90. The predicted octanol–water partition coefficient (Wildman–Crippen LogP) is 4.20. The zero-order valence-electron chi connectivity index (χ0n) is 11.3. The molecule has 110 valence electrons. The Kier molecular flexibility index (Phi) is 4.31. The van der Waals surface area contributed by atoms with Crippen LogP contribution in [0, 0.1) is 5.82 Å². The molecular formula is C16H13F3O2. The fraction of sp³-hybridized carbons (Fsp3) is 0.188. The van der Waals surface area contributed by atoms with Gasteiger partial charge in [-0.3, -0.25) is 4.79 Å². The van der Waals surface area contributed by atoms with Crippen LogP contribution < -0.4 is 4.74 Å². The molecule has 2 aromatic carbocycles. The van der Waals surface area contributed by atoms with Crippen LogP contribution in [0.25, 0.3) is 0 Å². The van der Waals surface area contributed by atoms with Crippen molar-refractivity contribution in [1.82, 2.24) is 0 Å². The van der Waals surface area contributed by atoms with Gasteiger partial charge in [0.05, 0.1) is 5.56 Å². The molecule has 0 fully saturated rings. The van der Waals surface area contributed by atoms with Crippen LogP contribution in [0.4, 0.5) is 13.2 Å². The van der Waals surface area contributed by atoms with E-state index >= 15 is 0 Å². The molecule has 0 N–H and O–H groups in total. The van der Waals surface area contributed by atoms with Gasteiger partial charge in [0.15, 0.2) is 12.4 Å². The van der Waals surface area contributed by atoms with Gasteiger partial charge in [-0.15, -0.1) is 0 Å². The van der Waals surface area contributed by atoms with Crippen molar-refractivity contribution in [2.24, 2.45) is 0 Å². The van der Waals surface area contributed by atoms with Crippen LogP contribution in [-0.4, -0.2) is 12.4 Å². The smallest absolute Gasteiger partial charge is 0.306 e. The van der Waals surface area contributed by atoms with Crippen molar-refractivity contribution >= 4 is 5.78 Å². The Balaban J connectivity index is 2.18. The number of carbonyl (C=O) groups excluding carboxylic acids is 1. The molecule has 0 aromatic heterocycles. The second-order valence-corrected chi connectivity index (χ2v) is 4.56. The van der Waals surface area contributed by atoms with Crippen LogP contribution in [0.3, 0.4) is 0 Å². The Hall–Kier alpha value is -2.30. The molecular weight excluding hydrogens is 281 g/mol. The minimum Gasteiger partial charge on any atom is -0.486 e. The summed E-state index contributed by atoms with van der Waals surface area (Å²) in [5, 5.41) is 0. The Morgan fingerprint density at radius 3 is 2.43 bits per heavy atom. The summed E-state index contributed by atoms with van der Waals surface area (Å²) in [7, 11) is 0. The van der Waals surface area contributed by atoms with Gasteiger partial charge in [0.1, 0.15) is 11.6 Å². The number of benzene rings is 2. The molecule has 0 atom stereocenters. The second-order valence-electron chi connectivity index (χ2n) is 4.56. The maximum absolute atomic E-state index is 14.0. The SMILES string of the molecule is CC(=O)c1cc(F)ccc1OCC(F)(F)c1ccccc1. The monoisotopic (exact) mass is 294 g/mol. The van der Waals surface area contributed by atoms with Gasteiger partial charge in [-0.2, -0.15) is 8.78 Å². The van der Waals surface area contributed by atoms with Gasteiger partial charge in [0.2, 0.25) is 0 Å². The number of Topliss-reactive ketones (excluding diaryl/α,β-unsaturated/α-hetero) is 1. The van der Waals surface area contributed by atoms with Crippen LogP contribution in [0.1, 0.15) is 22.8 Å². The molecule has 0 saturated heterocycles. The van der Waals surface area contributed by atoms with Crippen LogP contribution in [0.5, 0.6) is 5.75 Å². The van der Waals surface area contributed by atoms with E-state index in [1.807, 2.05) is 0 Å². The highest BCUT2D eigenvalue weighted by molar-refractivity contribution is 5.96. The van der Waals surface area contributed by atoms with E-state index in [9.17, 15) is 18.0 Å². The summed E-state index contributed by atoms with van der Waals surface area (Å²) in [6, 6.07) is 10.4. The van der Waals surface area contributed by atoms with Gasteiger partial charge in [0, 0.05) is 5.56 Å². The Morgan fingerprint density at radius 1 is 1.14 bits per heavy atom. The van der Waals surface area contributed by atoms with Gasteiger partial charge in [-0.05, 0) is 25.1 Å². The first kappa shape index (κ1) is 15.1. The van der Waals surface area contributed by atoms with E-state index in [1.54, 1.807) is 6.07 Å². The Labute approximate surface area is 120 Å². The van der Waals surface area contributed by atoms with Crippen molar-refractivity contribution in [1.29, 1.82) is 0 Å². The first-order valence-corrected chi connectivity index (χ1v) is 6.27. The quantitative estimate of drug-likeness (QED) is 0.773. The maximum Gasteiger partial charge on any atom is 0.306 e. The second kappa shape index (κ2) is 5.99. The summed E-state index contributed by atoms with van der Waals surface area (Å²) in [6.07, 6.45) is 0. The molecule has 2 nitrogen and oxygen atoms in total. The van der Waals surface area contributed by atoms with Gasteiger partial charge < -0.3 is 4.74 Å². The van der Waals surface area contributed by atoms with E-state index in [0.29, 0.717) is 0 Å². The van der Waals surface area contributed by atoms with Crippen molar-refractivity contribution in [3.8, 4) is 5.75 Å². The first-order valence-electron chi connectivity index (χ1n) is 6.27. The third kappa shape index (κ3) is 3.62. The summed E-state index contributed by atoms with van der Waals surface area (Å²) in [6.45, 7) is 0.292. The van der Waals surface area contributed by atoms with E-state index in [0.717, 1.165) is 12.1 Å². The van der Waals surface area contributed by atoms with E-state index < -0.39 is 24.1 Å². The molecule has 0 saturated carbocycles. The molecule has 0 amide bonds. The van der Waals surface area contributed by atoms with Crippen molar-refractivity contribution in [2.45, 2.75) is 12.8 Å². The molecule has 0 aliphatic heterocycles. The van der Waals surface area contributed by atoms with Crippen molar-refractivity contribution in [2.75, 3.05) is 6.61 Å². The highest BCUT2D eigenvalue weighted by Gasteiger charge is 2.32. The molecule has 2 rings (SSSR count). The molecule has 21 heavy (non-hydrogen) atoms. The standard InChI is InChI=1S/C16H13F3O2/c1-11(20)14-9-13(17)7-8-15(14)21-10-16(18,19)12-5-3-2-4-6-12/h2-9H,10H2,1H3. The minimum atomic E-state index is -3.20. The topological polar surface area (TPSA) is 26.3 Å². The number of ketones is 1. The summed E-state index contributed by atoms with van der Waals surface area (Å²) >= 11 is 0. The molecule has 0 bridgehead atoms. The number of hydrogen-bond donors (Lipinski definition) is 0. The van der Waals surface area contributed by atoms with Crippen molar-refractivity contribution in [3.63, 3.8) is 0 Å². The third-order valence-corrected chi connectivity index (χ3v) is 2.93. The van der Waals surface area contributed by atoms with Gasteiger partial charge in [-0.25, -0.2) is 4.39 Å². The van der Waals surface area contributed by atoms with E-state index in [-0.39, 0.29) is 16.9 Å². The molecule has 5 heteroatoms.